The van der Waals surface area contributed by atoms with Crippen LogP contribution >= 0.6 is 11.3 Å². The second kappa shape index (κ2) is 5.32. The molecule has 1 spiro atoms. The van der Waals surface area contributed by atoms with Gasteiger partial charge in [0.1, 0.15) is 0 Å². The third-order valence-corrected chi connectivity index (χ3v) is 5.34. The van der Waals surface area contributed by atoms with Gasteiger partial charge in [-0.25, -0.2) is 0 Å². The van der Waals surface area contributed by atoms with Crippen molar-refractivity contribution in [3.8, 4) is 0 Å². The molecule has 1 saturated heterocycles. The number of rotatable bonds is 3. The second-order valence-electron chi connectivity index (χ2n) is 6.16. The molecule has 2 aliphatic rings. The Bertz CT molecular complexity index is 360. The van der Waals surface area contributed by atoms with Gasteiger partial charge in [0.25, 0.3) is 0 Å². The zero-order valence-electron chi connectivity index (χ0n) is 11.0. The SMILES string of the molecule is OC(CN1CC2(CCCCCC2)C1)c1ccsc1. The molecule has 0 aromatic carbocycles. The van der Waals surface area contributed by atoms with Crippen molar-refractivity contribution in [1.82, 2.24) is 4.90 Å². The minimum atomic E-state index is -0.292. The van der Waals surface area contributed by atoms with Crippen LogP contribution < -0.4 is 0 Å². The van der Waals surface area contributed by atoms with Crippen LogP contribution in [0.3, 0.4) is 0 Å². The smallest absolute Gasteiger partial charge is 0.0924 e. The van der Waals surface area contributed by atoms with E-state index < -0.39 is 0 Å². The molecule has 1 aromatic heterocycles. The van der Waals surface area contributed by atoms with E-state index in [4.69, 9.17) is 0 Å². The highest BCUT2D eigenvalue weighted by atomic mass is 32.1. The summed E-state index contributed by atoms with van der Waals surface area (Å²) in [7, 11) is 0. The first-order valence-corrected chi connectivity index (χ1v) is 8.14. The Morgan fingerprint density at radius 3 is 2.56 bits per heavy atom. The van der Waals surface area contributed by atoms with Gasteiger partial charge in [0, 0.05) is 19.6 Å². The van der Waals surface area contributed by atoms with E-state index in [0.717, 1.165) is 12.1 Å². The summed E-state index contributed by atoms with van der Waals surface area (Å²) in [6, 6.07) is 2.04. The van der Waals surface area contributed by atoms with Gasteiger partial charge >= 0.3 is 0 Å². The van der Waals surface area contributed by atoms with Crippen LogP contribution in [-0.2, 0) is 0 Å². The minimum absolute atomic E-state index is 0.292. The molecule has 1 aliphatic heterocycles. The summed E-state index contributed by atoms with van der Waals surface area (Å²) in [5.74, 6) is 0. The summed E-state index contributed by atoms with van der Waals surface area (Å²) in [5.41, 5.74) is 1.70. The molecular weight excluding hydrogens is 242 g/mol. The summed E-state index contributed by atoms with van der Waals surface area (Å²) in [6.45, 7) is 3.25. The molecule has 2 fully saturated rings. The van der Waals surface area contributed by atoms with Gasteiger partial charge in [-0.15, -0.1) is 0 Å². The van der Waals surface area contributed by atoms with Gasteiger partial charge in [-0.2, -0.15) is 11.3 Å². The van der Waals surface area contributed by atoms with Crippen molar-refractivity contribution in [2.45, 2.75) is 44.6 Å². The Morgan fingerprint density at radius 1 is 1.22 bits per heavy atom. The molecule has 0 amide bonds. The van der Waals surface area contributed by atoms with Crippen molar-refractivity contribution < 1.29 is 5.11 Å². The average Bonchev–Trinajstić information content (AvgIpc) is 2.74. The minimum Gasteiger partial charge on any atom is -0.387 e. The molecule has 18 heavy (non-hydrogen) atoms. The fourth-order valence-corrected chi connectivity index (χ4v) is 4.35. The molecule has 1 unspecified atom stereocenters. The molecule has 1 atom stereocenters. The Hall–Kier alpha value is -0.380. The third-order valence-electron chi connectivity index (χ3n) is 4.64. The highest BCUT2D eigenvalue weighted by Gasteiger charge is 2.42. The number of aliphatic hydroxyl groups excluding tert-OH is 1. The maximum absolute atomic E-state index is 10.2. The van der Waals surface area contributed by atoms with Crippen molar-refractivity contribution >= 4 is 11.3 Å². The number of hydrogen-bond donors (Lipinski definition) is 1. The zero-order valence-corrected chi connectivity index (χ0v) is 11.8. The van der Waals surface area contributed by atoms with E-state index in [2.05, 4.69) is 10.3 Å². The van der Waals surface area contributed by atoms with Gasteiger partial charge in [0.05, 0.1) is 6.10 Å². The van der Waals surface area contributed by atoms with E-state index in [9.17, 15) is 5.11 Å². The highest BCUT2D eigenvalue weighted by molar-refractivity contribution is 7.07. The lowest BCUT2D eigenvalue weighted by Gasteiger charge is -2.51. The molecule has 2 heterocycles. The van der Waals surface area contributed by atoms with Gasteiger partial charge in [-0.1, -0.05) is 25.7 Å². The van der Waals surface area contributed by atoms with E-state index in [1.807, 2.05) is 11.4 Å². The molecule has 3 heteroatoms. The lowest BCUT2D eigenvalue weighted by molar-refractivity contribution is -0.0372. The molecule has 0 bridgehead atoms. The van der Waals surface area contributed by atoms with Crippen molar-refractivity contribution in [2.24, 2.45) is 5.41 Å². The van der Waals surface area contributed by atoms with Crippen LogP contribution in [0.1, 0.15) is 50.2 Å². The number of β-amino-alcohol motifs (C(OH)–C–C–N with tert-alkyl or cyclic N) is 1. The second-order valence-corrected chi connectivity index (χ2v) is 6.94. The lowest BCUT2D eigenvalue weighted by Crippen LogP contribution is -2.56. The first-order chi connectivity index (χ1) is 8.77. The standard InChI is InChI=1S/C15H23NOS/c17-14(13-5-8-18-10-13)9-16-11-15(12-16)6-3-1-2-4-7-15/h5,8,10,14,17H,1-4,6-7,9,11-12H2. The predicted molar refractivity (Wildman–Crippen MR) is 75.9 cm³/mol. The zero-order chi connectivity index (χ0) is 12.4. The number of nitrogens with zero attached hydrogens (tertiary/aromatic N) is 1. The van der Waals surface area contributed by atoms with Crippen LogP contribution in [0.5, 0.6) is 0 Å². The molecule has 1 aromatic rings. The maximum atomic E-state index is 10.2. The Kier molecular flexibility index (Phi) is 3.73. The molecule has 100 valence electrons. The van der Waals surface area contributed by atoms with Crippen LogP contribution in [0.15, 0.2) is 16.8 Å². The summed E-state index contributed by atoms with van der Waals surface area (Å²) < 4.78 is 0. The first-order valence-electron chi connectivity index (χ1n) is 7.20. The summed E-state index contributed by atoms with van der Waals surface area (Å²) in [4.78, 5) is 2.44. The third kappa shape index (κ3) is 2.63. The fraction of sp³-hybridized carbons (Fsp3) is 0.733. The van der Waals surface area contributed by atoms with Gasteiger partial charge in [0.15, 0.2) is 0 Å². The largest absolute Gasteiger partial charge is 0.387 e. The molecule has 1 saturated carbocycles. The van der Waals surface area contributed by atoms with E-state index in [-0.39, 0.29) is 6.10 Å². The number of thiophene rings is 1. The molecule has 0 radical (unpaired) electrons. The molecule has 1 N–H and O–H groups in total. The molecule has 2 nitrogen and oxygen atoms in total. The Morgan fingerprint density at radius 2 is 1.94 bits per heavy atom. The monoisotopic (exact) mass is 265 g/mol. The van der Waals surface area contributed by atoms with Gasteiger partial charge in [-0.3, -0.25) is 4.90 Å². The van der Waals surface area contributed by atoms with Gasteiger partial charge in [0.2, 0.25) is 0 Å². The van der Waals surface area contributed by atoms with Crippen molar-refractivity contribution in [2.75, 3.05) is 19.6 Å². The van der Waals surface area contributed by atoms with Crippen molar-refractivity contribution in [3.05, 3.63) is 22.4 Å². The number of hydrogen-bond acceptors (Lipinski definition) is 3. The summed E-state index contributed by atoms with van der Waals surface area (Å²) in [6.07, 6.45) is 8.23. The fourth-order valence-electron chi connectivity index (χ4n) is 3.64. The quantitative estimate of drug-likeness (QED) is 0.905. The summed E-state index contributed by atoms with van der Waals surface area (Å²) in [5, 5.41) is 14.3. The van der Waals surface area contributed by atoms with E-state index in [0.29, 0.717) is 5.41 Å². The Balaban J connectivity index is 1.50. The number of likely N-dealkylation sites (tertiary alicyclic amines) is 1. The van der Waals surface area contributed by atoms with Crippen molar-refractivity contribution in [1.29, 1.82) is 0 Å². The maximum Gasteiger partial charge on any atom is 0.0924 e. The molecular formula is C15H23NOS. The van der Waals surface area contributed by atoms with E-state index in [1.54, 1.807) is 11.3 Å². The highest BCUT2D eigenvalue weighted by Crippen LogP contribution is 2.43. The predicted octanol–water partition coefficient (Wildman–Crippen LogP) is 3.44. The number of aliphatic hydroxyl groups is 1. The van der Waals surface area contributed by atoms with Crippen molar-refractivity contribution in [3.63, 3.8) is 0 Å². The molecule has 1 aliphatic carbocycles. The van der Waals surface area contributed by atoms with Crippen LogP contribution in [0.2, 0.25) is 0 Å². The average molecular weight is 265 g/mol. The topological polar surface area (TPSA) is 23.5 Å². The van der Waals surface area contributed by atoms with E-state index >= 15 is 0 Å². The van der Waals surface area contributed by atoms with Crippen LogP contribution in [-0.4, -0.2) is 29.6 Å². The van der Waals surface area contributed by atoms with Crippen LogP contribution in [0.25, 0.3) is 0 Å². The van der Waals surface area contributed by atoms with Crippen LogP contribution in [0, 0.1) is 5.41 Å². The first kappa shape index (κ1) is 12.6. The van der Waals surface area contributed by atoms with Gasteiger partial charge < -0.3 is 5.11 Å². The van der Waals surface area contributed by atoms with Crippen LogP contribution in [0.4, 0.5) is 0 Å². The summed E-state index contributed by atoms with van der Waals surface area (Å²) >= 11 is 1.67. The van der Waals surface area contributed by atoms with Gasteiger partial charge in [-0.05, 0) is 40.6 Å². The normalized spacial score (nSPS) is 25.6. The molecule has 3 rings (SSSR count). The lowest BCUT2D eigenvalue weighted by atomic mass is 9.73. The van der Waals surface area contributed by atoms with E-state index in [1.165, 1.54) is 51.6 Å². The Labute approximate surface area is 114 Å².